The molecule has 0 radical (unpaired) electrons. The molecule has 0 aromatic carbocycles. The Balaban J connectivity index is 3.21. The van der Waals surface area contributed by atoms with Crippen LogP contribution in [0.1, 0.15) is 58.3 Å². The summed E-state index contributed by atoms with van der Waals surface area (Å²) >= 11 is 6.88. The lowest BCUT2D eigenvalue weighted by Crippen LogP contribution is -1.97. The second kappa shape index (κ2) is 11.4. The Labute approximate surface area is 108 Å². The molecular formula is C12H22O2S2. The van der Waals surface area contributed by atoms with Gasteiger partial charge >= 0.3 is 5.97 Å². The van der Waals surface area contributed by atoms with Crippen LogP contribution in [0.3, 0.4) is 0 Å². The molecule has 0 fully saturated rings. The Kier molecular flexibility index (Phi) is 11.3. The molecule has 0 atom stereocenters. The molecular weight excluding hydrogens is 240 g/mol. The van der Waals surface area contributed by atoms with Crippen molar-refractivity contribution < 1.29 is 9.90 Å². The summed E-state index contributed by atoms with van der Waals surface area (Å²) < 4.78 is 1.04. The lowest BCUT2D eigenvalue weighted by Gasteiger charge is -2.03. The van der Waals surface area contributed by atoms with Gasteiger partial charge in [0.05, 0.1) is 0 Å². The lowest BCUT2D eigenvalue weighted by molar-refractivity contribution is -0.137. The lowest BCUT2D eigenvalue weighted by atomic mass is 10.1. The predicted octanol–water partition coefficient (Wildman–Crippen LogP) is 4.27. The molecule has 0 unspecified atom stereocenters. The van der Waals surface area contributed by atoms with Gasteiger partial charge < -0.3 is 5.11 Å². The van der Waals surface area contributed by atoms with Crippen molar-refractivity contribution in [2.45, 2.75) is 58.3 Å². The molecule has 4 heteroatoms. The zero-order valence-corrected chi connectivity index (χ0v) is 11.7. The normalized spacial score (nSPS) is 10.3. The number of rotatable bonds is 10. The molecule has 0 aromatic rings. The van der Waals surface area contributed by atoms with Crippen molar-refractivity contribution in [1.29, 1.82) is 0 Å². The molecule has 2 nitrogen and oxygen atoms in total. The first-order chi connectivity index (χ1) is 7.66. The molecule has 0 saturated heterocycles. The van der Waals surface area contributed by atoms with Crippen LogP contribution in [0.25, 0.3) is 0 Å². The highest BCUT2D eigenvalue weighted by Gasteiger charge is 2.00. The number of carboxylic acid groups (broad SMARTS) is 1. The van der Waals surface area contributed by atoms with Gasteiger partial charge in [-0.05, 0) is 25.0 Å². The van der Waals surface area contributed by atoms with Gasteiger partial charge in [0.2, 0.25) is 0 Å². The highest BCUT2D eigenvalue weighted by Crippen LogP contribution is 2.14. The molecule has 0 aliphatic heterocycles. The third-order valence-corrected chi connectivity index (χ3v) is 3.86. The van der Waals surface area contributed by atoms with E-state index in [0.717, 1.165) is 22.8 Å². The fourth-order valence-electron chi connectivity index (χ4n) is 1.35. The van der Waals surface area contributed by atoms with E-state index < -0.39 is 5.97 Å². The van der Waals surface area contributed by atoms with E-state index in [2.05, 4.69) is 6.92 Å². The van der Waals surface area contributed by atoms with E-state index in [1.54, 1.807) is 11.8 Å². The minimum Gasteiger partial charge on any atom is -0.481 e. The first kappa shape index (κ1) is 15.9. The van der Waals surface area contributed by atoms with E-state index in [4.69, 9.17) is 17.3 Å². The number of aliphatic carboxylic acids is 1. The smallest absolute Gasteiger partial charge is 0.303 e. The molecule has 94 valence electrons. The molecule has 0 bridgehead atoms. The molecule has 0 amide bonds. The summed E-state index contributed by atoms with van der Waals surface area (Å²) in [6.45, 7) is 2.21. The fourth-order valence-corrected chi connectivity index (χ4v) is 2.55. The largest absolute Gasteiger partial charge is 0.481 e. The quantitative estimate of drug-likeness (QED) is 0.471. The minimum atomic E-state index is -0.717. The fraction of sp³-hybridized carbons (Fsp3) is 0.833. The monoisotopic (exact) mass is 262 g/mol. The average molecular weight is 262 g/mol. The molecule has 16 heavy (non-hydrogen) atoms. The van der Waals surface area contributed by atoms with Crippen molar-refractivity contribution in [3.63, 3.8) is 0 Å². The van der Waals surface area contributed by atoms with Gasteiger partial charge in [-0.2, -0.15) is 0 Å². The second-order valence-electron chi connectivity index (χ2n) is 3.88. The van der Waals surface area contributed by atoms with Crippen LogP contribution in [0.2, 0.25) is 0 Å². The van der Waals surface area contributed by atoms with Crippen LogP contribution >= 0.6 is 24.0 Å². The van der Waals surface area contributed by atoms with Crippen LogP contribution in [0, 0.1) is 0 Å². The topological polar surface area (TPSA) is 37.3 Å². The van der Waals surface area contributed by atoms with Crippen molar-refractivity contribution in [3.8, 4) is 0 Å². The average Bonchev–Trinajstić information content (AvgIpc) is 2.24. The molecule has 0 rings (SSSR count). The maximum Gasteiger partial charge on any atom is 0.303 e. The second-order valence-corrected chi connectivity index (χ2v) is 5.82. The molecule has 0 spiro atoms. The Morgan fingerprint density at radius 3 is 2.44 bits per heavy atom. The summed E-state index contributed by atoms with van der Waals surface area (Å²) in [6, 6.07) is 0. The highest BCUT2D eigenvalue weighted by molar-refractivity contribution is 8.23. The van der Waals surface area contributed by atoms with Gasteiger partial charge in [-0.15, -0.1) is 11.8 Å². The van der Waals surface area contributed by atoms with Crippen molar-refractivity contribution in [2.75, 3.05) is 5.75 Å². The van der Waals surface area contributed by atoms with E-state index in [-0.39, 0.29) is 6.42 Å². The van der Waals surface area contributed by atoms with E-state index in [9.17, 15) is 4.79 Å². The van der Waals surface area contributed by atoms with E-state index in [1.165, 1.54) is 32.1 Å². The number of unbranched alkanes of at least 4 members (excludes halogenated alkanes) is 4. The van der Waals surface area contributed by atoms with Gasteiger partial charge in [-0.1, -0.05) is 44.8 Å². The van der Waals surface area contributed by atoms with Crippen molar-refractivity contribution in [1.82, 2.24) is 0 Å². The Hall–Kier alpha value is -0.0900. The van der Waals surface area contributed by atoms with Gasteiger partial charge in [-0.25, -0.2) is 0 Å². The van der Waals surface area contributed by atoms with E-state index in [1.807, 2.05) is 0 Å². The third kappa shape index (κ3) is 12.0. The van der Waals surface area contributed by atoms with Crippen LogP contribution in [-0.2, 0) is 4.79 Å². The van der Waals surface area contributed by atoms with Crippen LogP contribution in [0.4, 0.5) is 0 Å². The van der Waals surface area contributed by atoms with Crippen molar-refractivity contribution in [3.05, 3.63) is 0 Å². The van der Waals surface area contributed by atoms with Crippen LogP contribution in [-0.4, -0.2) is 21.0 Å². The van der Waals surface area contributed by atoms with E-state index in [0.29, 0.717) is 0 Å². The van der Waals surface area contributed by atoms with Crippen molar-refractivity contribution in [2.24, 2.45) is 0 Å². The standard InChI is InChI=1S/C12H22O2S2/c1-2-3-4-5-6-9-12(15)16-10-7-8-11(13)14/h2-10H2,1H3,(H,13,14). The summed E-state index contributed by atoms with van der Waals surface area (Å²) in [5, 5.41) is 8.46. The number of thioether (sulfide) groups is 1. The SMILES string of the molecule is CCCCCCCC(=S)SCCCC(=O)O. The van der Waals surface area contributed by atoms with E-state index >= 15 is 0 Å². The maximum absolute atomic E-state index is 10.3. The summed E-state index contributed by atoms with van der Waals surface area (Å²) in [7, 11) is 0. The van der Waals surface area contributed by atoms with Gasteiger partial charge in [0.25, 0.3) is 0 Å². The van der Waals surface area contributed by atoms with Crippen LogP contribution in [0.5, 0.6) is 0 Å². The van der Waals surface area contributed by atoms with Gasteiger partial charge in [0.1, 0.15) is 0 Å². The number of hydrogen-bond donors (Lipinski definition) is 1. The molecule has 0 aliphatic rings. The van der Waals surface area contributed by atoms with Gasteiger partial charge in [0.15, 0.2) is 0 Å². The molecule has 0 saturated carbocycles. The summed E-state index contributed by atoms with van der Waals surface area (Å²) in [5.41, 5.74) is 0. The number of carboxylic acids is 1. The van der Waals surface area contributed by atoms with Crippen LogP contribution in [0.15, 0.2) is 0 Å². The van der Waals surface area contributed by atoms with Crippen molar-refractivity contribution >= 4 is 34.1 Å². The first-order valence-electron chi connectivity index (χ1n) is 6.04. The molecule has 0 heterocycles. The molecule has 0 aliphatic carbocycles. The Morgan fingerprint density at radius 2 is 1.81 bits per heavy atom. The number of hydrogen-bond acceptors (Lipinski definition) is 3. The van der Waals surface area contributed by atoms with Gasteiger partial charge in [-0.3, -0.25) is 4.79 Å². The predicted molar refractivity (Wildman–Crippen MR) is 75.3 cm³/mol. The first-order valence-corrected chi connectivity index (χ1v) is 7.43. The Morgan fingerprint density at radius 1 is 1.12 bits per heavy atom. The zero-order chi connectivity index (χ0) is 12.2. The maximum atomic E-state index is 10.3. The highest BCUT2D eigenvalue weighted by atomic mass is 32.2. The van der Waals surface area contributed by atoms with Crippen LogP contribution < -0.4 is 0 Å². The van der Waals surface area contributed by atoms with Gasteiger partial charge in [0, 0.05) is 10.6 Å². The minimum absolute atomic E-state index is 0.256. The number of thiocarbonyl (C=S) groups is 1. The summed E-state index contributed by atoms with van der Waals surface area (Å²) in [5.74, 6) is 0.131. The Bertz CT molecular complexity index is 205. The summed E-state index contributed by atoms with van der Waals surface area (Å²) in [6.07, 6.45) is 8.34. The third-order valence-electron chi connectivity index (χ3n) is 2.28. The summed E-state index contributed by atoms with van der Waals surface area (Å²) in [4.78, 5) is 10.3. The molecule has 0 aromatic heterocycles. The number of carbonyl (C=O) groups is 1. The zero-order valence-electron chi connectivity index (χ0n) is 10.0. The molecule has 1 N–H and O–H groups in total.